The van der Waals surface area contributed by atoms with Crippen molar-refractivity contribution in [2.24, 2.45) is 17.6 Å². The van der Waals surface area contributed by atoms with Crippen LogP contribution in [0.2, 0.25) is 0 Å². The molecule has 2 saturated carbocycles. The molecule has 2 aliphatic carbocycles. The van der Waals surface area contributed by atoms with Crippen molar-refractivity contribution in [2.45, 2.75) is 76.8 Å². The molecule has 1 amide bonds. The zero-order chi connectivity index (χ0) is 13.2. The monoisotopic (exact) mass is 252 g/mol. The molecule has 3 atom stereocenters. The van der Waals surface area contributed by atoms with E-state index < -0.39 is 5.54 Å². The predicted octanol–water partition coefficient (Wildman–Crippen LogP) is 2.59. The highest BCUT2D eigenvalue weighted by Gasteiger charge is 2.46. The minimum Gasteiger partial charge on any atom is -0.368 e. The quantitative estimate of drug-likeness (QED) is 0.811. The van der Waals surface area contributed by atoms with Crippen LogP contribution in [0.4, 0.5) is 0 Å². The fourth-order valence-electron chi connectivity index (χ4n) is 3.86. The van der Waals surface area contributed by atoms with Gasteiger partial charge in [0.05, 0.1) is 0 Å². The number of hydrogen-bond donors (Lipinski definition) is 2. The third kappa shape index (κ3) is 2.71. The van der Waals surface area contributed by atoms with Gasteiger partial charge < -0.3 is 11.1 Å². The van der Waals surface area contributed by atoms with E-state index >= 15 is 0 Å². The summed E-state index contributed by atoms with van der Waals surface area (Å²) < 4.78 is 0. The van der Waals surface area contributed by atoms with Crippen molar-refractivity contribution in [2.75, 3.05) is 0 Å². The summed E-state index contributed by atoms with van der Waals surface area (Å²) >= 11 is 0. The first kappa shape index (κ1) is 13.9. The highest BCUT2D eigenvalue weighted by molar-refractivity contribution is 5.85. The van der Waals surface area contributed by atoms with Gasteiger partial charge in [0.25, 0.3) is 0 Å². The fourth-order valence-corrected chi connectivity index (χ4v) is 3.86. The molecule has 18 heavy (non-hydrogen) atoms. The Morgan fingerprint density at radius 2 is 1.78 bits per heavy atom. The maximum absolute atomic E-state index is 12.1. The van der Waals surface area contributed by atoms with Crippen molar-refractivity contribution in [1.82, 2.24) is 5.32 Å². The zero-order valence-corrected chi connectivity index (χ0v) is 11.9. The maximum Gasteiger partial charge on any atom is 0.238 e. The summed E-state index contributed by atoms with van der Waals surface area (Å²) in [5, 5.41) is 3.68. The molecule has 0 aromatic heterocycles. The van der Waals surface area contributed by atoms with Crippen LogP contribution in [0.3, 0.4) is 0 Å². The number of primary amides is 1. The zero-order valence-electron chi connectivity index (χ0n) is 11.9. The molecular weight excluding hydrogens is 224 g/mol. The lowest BCUT2D eigenvalue weighted by Crippen LogP contribution is -2.64. The van der Waals surface area contributed by atoms with Crippen LogP contribution in [-0.4, -0.2) is 17.5 Å². The van der Waals surface area contributed by atoms with E-state index in [0.717, 1.165) is 12.8 Å². The van der Waals surface area contributed by atoms with E-state index in [4.69, 9.17) is 5.73 Å². The minimum atomic E-state index is -0.445. The summed E-state index contributed by atoms with van der Waals surface area (Å²) in [4.78, 5) is 12.1. The number of nitrogens with two attached hydrogens (primary N) is 1. The van der Waals surface area contributed by atoms with Crippen molar-refractivity contribution in [3.63, 3.8) is 0 Å². The molecule has 0 spiro atoms. The smallest absolute Gasteiger partial charge is 0.238 e. The fraction of sp³-hybridized carbons (Fsp3) is 0.933. The number of rotatable bonds is 3. The standard InChI is InChI=1S/C15H28N2O/c1-11-8-9-12(2)15(10-11,14(16)18)17-13-6-4-3-5-7-13/h11-13,17H,3-10H2,1-2H3,(H2,16,18). The molecule has 0 aliphatic heterocycles. The third-order valence-electron chi connectivity index (χ3n) is 5.11. The highest BCUT2D eigenvalue weighted by atomic mass is 16.1. The van der Waals surface area contributed by atoms with Gasteiger partial charge in [-0.25, -0.2) is 0 Å². The molecule has 2 fully saturated rings. The van der Waals surface area contributed by atoms with E-state index in [1.54, 1.807) is 0 Å². The summed E-state index contributed by atoms with van der Waals surface area (Å²) in [5.41, 5.74) is 5.33. The SMILES string of the molecule is CC1CCC(C)C(NC2CCCCC2)(C(N)=O)C1. The summed E-state index contributed by atoms with van der Waals surface area (Å²) in [6, 6.07) is 0.499. The second-order valence-electron chi connectivity index (χ2n) is 6.60. The van der Waals surface area contributed by atoms with Crippen LogP contribution in [0.15, 0.2) is 0 Å². The Kier molecular flexibility index (Phi) is 4.31. The Morgan fingerprint density at radius 3 is 2.39 bits per heavy atom. The van der Waals surface area contributed by atoms with Gasteiger partial charge in [-0.2, -0.15) is 0 Å². The van der Waals surface area contributed by atoms with E-state index in [-0.39, 0.29) is 5.91 Å². The summed E-state index contributed by atoms with van der Waals surface area (Å²) in [5.74, 6) is 0.838. The van der Waals surface area contributed by atoms with Crippen molar-refractivity contribution in [3.05, 3.63) is 0 Å². The van der Waals surface area contributed by atoms with Crippen LogP contribution in [0.1, 0.15) is 65.2 Å². The van der Waals surface area contributed by atoms with Gasteiger partial charge in [0.1, 0.15) is 5.54 Å². The molecule has 0 heterocycles. The minimum absolute atomic E-state index is 0.132. The molecule has 2 rings (SSSR count). The van der Waals surface area contributed by atoms with Gasteiger partial charge in [0.2, 0.25) is 5.91 Å². The number of amides is 1. The lowest BCUT2D eigenvalue weighted by Gasteiger charge is -2.46. The first-order chi connectivity index (χ1) is 8.54. The van der Waals surface area contributed by atoms with Crippen molar-refractivity contribution in [1.29, 1.82) is 0 Å². The van der Waals surface area contributed by atoms with Crippen molar-refractivity contribution >= 4 is 5.91 Å². The van der Waals surface area contributed by atoms with Gasteiger partial charge in [0.15, 0.2) is 0 Å². The highest BCUT2D eigenvalue weighted by Crippen LogP contribution is 2.38. The van der Waals surface area contributed by atoms with Crippen LogP contribution in [0, 0.1) is 11.8 Å². The second kappa shape index (κ2) is 5.60. The largest absolute Gasteiger partial charge is 0.368 e. The van der Waals surface area contributed by atoms with Crippen LogP contribution >= 0.6 is 0 Å². The molecule has 3 unspecified atom stereocenters. The molecule has 0 radical (unpaired) electrons. The van der Waals surface area contributed by atoms with Gasteiger partial charge in [-0.1, -0.05) is 39.5 Å². The first-order valence-corrected chi connectivity index (χ1v) is 7.62. The topological polar surface area (TPSA) is 55.1 Å². The summed E-state index contributed by atoms with van der Waals surface area (Å²) in [6.07, 6.45) is 9.58. The van der Waals surface area contributed by atoms with E-state index in [2.05, 4.69) is 19.2 Å². The number of nitrogens with one attached hydrogen (secondary N) is 1. The third-order valence-corrected chi connectivity index (χ3v) is 5.11. The van der Waals surface area contributed by atoms with E-state index in [1.807, 2.05) is 0 Å². The summed E-state index contributed by atoms with van der Waals surface area (Å²) in [7, 11) is 0. The normalized spacial score (nSPS) is 38.6. The van der Waals surface area contributed by atoms with Gasteiger partial charge in [-0.3, -0.25) is 4.79 Å². The Labute approximate surface area is 111 Å². The maximum atomic E-state index is 12.1. The molecule has 3 N–H and O–H groups in total. The average molecular weight is 252 g/mol. The molecule has 104 valence electrons. The lowest BCUT2D eigenvalue weighted by molar-refractivity contribution is -0.129. The molecule has 0 bridgehead atoms. The van der Waals surface area contributed by atoms with E-state index in [1.165, 1.54) is 38.5 Å². The van der Waals surface area contributed by atoms with Gasteiger partial charge in [0, 0.05) is 6.04 Å². The Morgan fingerprint density at radius 1 is 1.11 bits per heavy atom. The molecule has 3 nitrogen and oxygen atoms in total. The average Bonchev–Trinajstić information content (AvgIpc) is 2.35. The predicted molar refractivity (Wildman–Crippen MR) is 74.1 cm³/mol. The lowest BCUT2D eigenvalue weighted by atomic mass is 9.68. The van der Waals surface area contributed by atoms with Gasteiger partial charge in [-0.15, -0.1) is 0 Å². The molecule has 0 aromatic carbocycles. The molecule has 3 heteroatoms. The Hall–Kier alpha value is -0.570. The number of hydrogen-bond acceptors (Lipinski definition) is 2. The van der Waals surface area contributed by atoms with Gasteiger partial charge >= 0.3 is 0 Å². The van der Waals surface area contributed by atoms with Crippen LogP contribution in [0.25, 0.3) is 0 Å². The van der Waals surface area contributed by atoms with Gasteiger partial charge in [-0.05, 0) is 37.5 Å². The van der Waals surface area contributed by atoms with Crippen molar-refractivity contribution in [3.8, 4) is 0 Å². The molecule has 0 aromatic rings. The number of carbonyl (C=O) groups excluding carboxylic acids is 1. The van der Waals surface area contributed by atoms with Crippen LogP contribution in [0.5, 0.6) is 0 Å². The summed E-state index contributed by atoms with van der Waals surface area (Å²) in [6.45, 7) is 4.43. The molecular formula is C15H28N2O. The van der Waals surface area contributed by atoms with Crippen molar-refractivity contribution < 1.29 is 4.79 Å². The molecule has 0 saturated heterocycles. The second-order valence-corrected chi connectivity index (χ2v) is 6.60. The number of carbonyl (C=O) groups is 1. The Balaban J connectivity index is 2.11. The van der Waals surface area contributed by atoms with Crippen LogP contribution < -0.4 is 11.1 Å². The molecule has 2 aliphatic rings. The van der Waals surface area contributed by atoms with E-state index in [0.29, 0.717) is 17.9 Å². The van der Waals surface area contributed by atoms with Crippen LogP contribution in [-0.2, 0) is 4.79 Å². The first-order valence-electron chi connectivity index (χ1n) is 7.62. The van der Waals surface area contributed by atoms with E-state index in [9.17, 15) is 4.79 Å². The Bertz CT molecular complexity index is 299.